The number of aromatic nitrogens is 2. The van der Waals surface area contributed by atoms with E-state index < -0.39 is 0 Å². The van der Waals surface area contributed by atoms with Gasteiger partial charge in [-0.05, 0) is 17.7 Å². The molecule has 0 atom stereocenters. The number of benzene rings is 1. The number of anilines is 2. The molecule has 0 unspecified atom stereocenters. The summed E-state index contributed by atoms with van der Waals surface area (Å²) in [6.45, 7) is 3.75. The second-order valence-electron chi connectivity index (χ2n) is 4.92. The van der Waals surface area contributed by atoms with Crippen molar-refractivity contribution in [1.82, 2.24) is 15.3 Å². The predicted octanol–water partition coefficient (Wildman–Crippen LogP) is 1.01. The van der Waals surface area contributed by atoms with Crippen LogP contribution in [0, 0.1) is 11.3 Å². The molecule has 2 aromatic rings. The molecule has 1 aromatic carbocycles. The van der Waals surface area contributed by atoms with Crippen LogP contribution in [0.4, 0.5) is 11.6 Å². The van der Waals surface area contributed by atoms with E-state index in [0.717, 1.165) is 43.3 Å². The molecule has 6 nitrogen and oxygen atoms in total. The fraction of sp³-hybridized carbons (Fsp3) is 0.267. The van der Waals surface area contributed by atoms with Crippen molar-refractivity contribution in [2.75, 3.05) is 36.8 Å². The molecule has 1 aliphatic heterocycles. The smallest absolute Gasteiger partial charge is 0.225 e. The van der Waals surface area contributed by atoms with Crippen LogP contribution in [0.25, 0.3) is 11.1 Å². The zero-order valence-corrected chi connectivity index (χ0v) is 11.6. The minimum absolute atomic E-state index is 0.473. The van der Waals surface area contributed by atoms with Crippen molar-refractivity contribution in [1.29, 1.82) is 5.26 Å². The second kappa shape index (κ2) is 5.77. The summed E-state index contributed by atoms with van der Waals surface area (Å²) in [5.74, 6) is 0.752. The third-order valence-electron chi connectivity index (χ3n) is 3.54. The molecule has 0 aliphatic carbocycles. The van der Waals surface area contributed by atoms with Gasteiger partial charge in [0.25, 0.3) is 0 Å². The average Bonchev–Trinajstić information content (AvgIpc) is 2.56. The maximum Gasteiger partial charge on any atom is 0.225 e. The van der Waals surface area contributed by atoms with E-state index >= 15 is 0 Å². The Morgan fingerprint density at radius 1 is 1.14 bits per heavy atom. The number of nitrogens with one attached hydrogen (secondary N) is 1. The van der Waals surface area contributed by atoms with Crippen LogP contribution in [0.15, 0.2) is 30.6 Å². The van der Waals surface area contributed by atoms with Gasteiger partial charge in [-0.2, -0.15) is 5.26 Å². The van der Waals surface area contributed by atoms with E-state index in [9.17, 15) is 0 Å². The zero-order valence-electron chi connectivity index (χ0n) is 11.6. The second-order valence-corrected chi connectivity index (χ2v) is 4.92. The van der Waals surface area contributed by atoms with Gasteiger partial charge in [-0.25, -0.2) is 9.97 Å². The maximum atomic E-state index is 8.90. The molecule has 1 aliphatic rings. The van der Waals surface area contributed by atoms with Crippen molar-refractivity contribution in [2.45, 2.75) is 0 Å². The van der Waals surface area contributed by atoms with Crippen molar-refractivity contribution < 1.29 is 0 Å². The number of nitrogens with zero attached hydrogens (tertiary/aromatic N) is 4. The summed E-state index contributed by atoms with van der Waals surface area (Å²) in [6, 6.07) is 7.41. The molecule has 0 saturated carbocycles. The van der Waals surface area contributed by atoms with Crippen LogP contribution in [0.1, 0.15) is 5.56 Å². The molecule has 3 N–H and O–H groups in total. The zero-order chi connectivity index (χ0) is 14.7. The van der Waals surface area contributed by atoms with Gasteiger partial charge in [0, 0.05) is 44.1 Å². The molecule has 3 rings (SSSR count). The quantitative estimate of drug-likeness (QED) is 0.798. The summed E-state index contributed by atoms with van der Waals surface area (Å²) in [4.78, 5) is 11.0. The first-order valence-electron chi connectivity index (χ1n) is 6.85. The van der Waals surface area contributed by atoms with E-state index in [0.29, 0.717) is 11.3 Å². The van der Waals surface area contributed by atoms with Crippen molar-refractivity contribution in [3.8, 4) is 17.2 Å². The molecular formula is C15H16N6. The number of hydrogen-bond acceptors (Lipinski definition) is 6. The van der Waals surface area contributed by atoms with Crippen LogP contribution in [0.2, 0.25) is 0 Å². The third kappa shape index (κ3) is 2.78. The van der Waals surface area contributed by atoms with E-state index in [1.165, 1.54) is 0 Å². The standard InChI is InChI=1S/C15H16N6/c16-8-12-2-1-11(7-14(12)17)13-9-19-15(20-10-13)21-5-3-18-4-6-21/h1-2,7,9-10,18H,3-6,17H2. The van der Waals surface area contributed by atoms with Gasteiger partial charge in [-0.15, -0.1) is 0 Å². The Morgan fingerprint density at radius 2 is 1.86 bits per heavy atom. The van der Waals surface area contributed by atoms with Crippen LogP contribution in [-0.2, 0) is 0 Å². The summed E-state index contributed by atoms with van der Waals surface area (Å²) in [5.41, 5.74) is 8.60. The minimum atomic E-state index is 0.473. The van der Waals surface area contributed by atoms with Crippen LogP contribution in [0.5, 0.6) is 0 Å². The Morgan fingerprint density at radius 3 is 2.48 bits per heavy atom. The average molecular weight is 280 g/mol. The monoisotopic (exact) mass is 280 g/mol. The predicted molar refractivity (Wildman–Crippen MR) is 81.7 cm³/mol. The normalized spacial score (nSPS) is 14.7. The third-order valence-corrected chi connectivity index (χ3v) is 3.54. The molecule has 1 aromatic heterocycles. The number of hydrogen-bond donors (Lipinski definition) is 2. The summed E-state index contributed by atoms with van der Waals surface area (Å²) in [5, 5.41) is 12.2. The Bertz CT molecular complexity index is 668. The molecule has 106 valence electrons. The first-order valence-corrected chi connectivity index (χ1v) is 6.85. The Hall–Kier alpha value is -2.65. The highest BCUT2D eigenvalue weighted by Gasteiger charge is 2.13. The SMILES string of the molecule is N#Cc1ccc(-c2cnc(N3CCNCC3)nc2)cc1N. The van der Waals surface area contributed by atoms with Crippen molar-refractivity contribution in [3.05, 3.63) is 36.2 Å². The highest BCUT2D eigenvalue weighted by Crippen LogP contribution is 2.23. The van der Waals surface area contributed by atoms with Crippen LogP contribution < -0.4 is 16.0 Å². The fourth-order valence-electron chi connectivity index (χ4n) is 2.34. The van der Waals surface area contributed by atoms with Gasteiger partial charge < -0.3 is 16.0 Å². The summed E-state index contributed by atoms with van der Waals surface area (Å²) < 4.78 is 0. The van der Waals surface area contributed by atoms with Crippen LogP contribution >= 0.6 is 0 Å². The number of rotatable bonds is 2. The van der Waals surface area contributed by atoms with Crippen molar-refractivity contribution in [3.63, 3.8) is 0 Å². The van der Waals surface area contributed by atoms with E-state index in [1.54, 1.807) is 24.5 Å². The highest BCUT2D eigenvalue weighted by molar-refractivity contribution is 5.70. The molecule has 0 bridgehead atoms. The van der Waals surface area contributed by atoms with Gasteiger partial charge in [-0.3, -0.25) is 0 Å². The molecule has 21 heavy (non-hydrogen) atoms. The Balaban J connectivity index is 1.83. The summed E-state index contributed by atoms with van der Waals surface area (Å²) >= 11 is 0. The molecule has 0 spiro atoms. The van der Waals surface area contributed by atoms with Gasteiger partial charge in [-0.1, -0.05) is 6.07 Å². The first-order chi connectivity index (χ1) is 10.3. The van der Waals surface area contributed by atoms with Crippen molar-refractivity contribution >= 4 is 11.6 Å². The van der Waals surface area contributed by atoms with Crippen LogP contribution in [-0.4, -0.2) is 36.1 Å². The van der Waals surface area contributed by atoms with Crippen LogP contribution in [0.3, 0.4) is 0 Å². The van der Waals surface area contributed by atoms with Gasteiger partial charge in [0.05, 0.1) is 11.3 Å². The van der Waals surface area contributed by atoms with Gasteiger partial charge in [0.2, 0.25) is 5.95 Å². The number of nitriles is 1. The van der Waals surface area contributed by atoms with E-state index in [4.69, 9.17) is 11.0 Å². The lowest BCUT2D eigenvalue weighted by molar-refractivity contribution is 0.580. The topological polar surface area (TPSA) is 90.9 Å². The lowest BCUT2D eigenvalue weighted by atomic mass is 10.1. The number of piperazine rings is 1. The first kappa shape index (κ1) is 13.3. The molecule has 0 radical (unpaired) electrons. The van der Waals surface area contributed by atoms with E-state index in [1.807, 2.05) is 6.07 Å². The fourth-order valence-corrected chi connectivity index (χ4v) is 2.34. The summed E-state index contributed by atoms with van der Waals surface area (Å²) in [6.07, 6.45) is 3.59. The van der Waals surface area contributed by atoms with E-state index in [-0.39, 0.29) is 0 Å². The summed E-state index contributed by atoms with van der Waals surface area (Å²) in [7, 11) is 0. The number of nitrogens with two attached hydrogens (primary N) is 1. The maximum absolute atomic E-state index is 8.90. The molecule has 1 fully saturated rings. The Labute approximate surface area is 123 Å². The lowest BCUT2D eigenvalue weighted by Crippen LogP contribution is -2.44. The molecule has 1 saturated heterocycles. The van der Waals surface area contributed by atoms with Gasteiger partial charge in [0.15, 0.2) is 0 Å². The van der Waals surface area contributed by atoms with Crippen molar-refractivity contribution in [2.24, 2.45) is 0 Å². The molecule has 0 amide bonds. The van der Waals surface area contributed by atoms with Gasteiger partial charge in [0.1, 0.15) is 6.07 Å². The van der Waals surface area contributed by atoms with E-state index in [2.05, 4.69) is 26.3 Å². The number of nitrogen functional groups attached to an aromatic ring is 1. The van der Waals surface area contributed by atoms with Gasteiger partial charge >= 0.3 is 0 Å². The molecular weight excluding hydrogens is 264 g/mol. The molecule has 2 heterocycles. The highest BCUT2D eigenvalue weighted by atomic mass is 15.3. The lowest BCUT2D eigenvalue weighted by Gasteiger charge is -2.27. The molecule has 6 heteroatoms. The Kier molecular flexibility index (Phi) is 3.67. The minimum Gasteiger partial charge on any atom is -0.398 e. The largest absolute Gasteiger partial charge is 0.398 e.